The van der Waals surface area contributed by atoms with Crippen LogP contribution in [0.2, 0.25) is 0 Å². The Hall–Kier alpha value is -1.89. The first-order valence-corrected chi connectivity index (χ1v) is 6.15. The van der Waals surface area contributed by atoms with Crippen molar-refractivity contribution in [3.05, 3.63) is 46.8 Å². The number of alkyl halides is 3. The Labute approximate surface area is 119 Å². The van der Waals surface area contributed by atoms with Crippen LogP contribution in [0.3, 0.4) is 0 Å². The molecule has 2 rings (SSSR count). The predicted molar refractivity (Wildman–Crippen MR) is 73.9 cm³/mol. The number of nitrogens with zero attached hydrogens (tertiary/aromatic N) is 2. The molecule has 2 aromatic rings. The topological polar surface area (TPSA) is 43.8 Å². The first kappa shape index (κ1) is 14.5. The molecule has 0 aliphatic heterocycles. The molecule has 0 bridgehead atoms. The Morgan fingerprint density at radius 1 is 1.25 bits per heavy atom. The van der Waals surface area contributed by atoms with Gasteiger partial charge in [0, 0.05) is 0 Å². The van der Waals surface area contributed by atoms with Gasteiger partial charge in [-0.1, -0.05) is 18.3 Å². The van der Waals surface area contributed by atoms with E-state index in [-0.39, 0.29) is 10.6 Å². The van der Waals surface area contributed by atoms with Crippen LogP contribution in [0.25, 0.3) is 5.69 Å². The number of hydrogen-bond acceptors (Lipinski definition) is 2. The Bertz CT molecular complexity index is 674. The number of nitrogens with two attached hydrogens (primary N) is 1. The van der Waals surface area contributed by atoms with E-state index in [0.717, 1.165) is 22.0 Å². The molecule has 3 nitrogen and oxygen atoms in total. The van der Waals surface area contributed by atoms with Crippen molar-refractivity contribution in [2.75, 3.05) is 0 Å². The molecule has 0 fully saturated rings. The molecule has 0 aliphatic carbocycles. The number of aryl methyl sites for hydroxylation is 2. The predicted octanol–water partition coefficient (Wildman–Crippen LogP) is 3.14. The van der Waals surface area contributed by atoms with Gasteiger partial charge in [-0.25, -0.2) is 4.68 Å². The van der Waals surface area contributed by atoms with Gasteiger partial charge in [0.15, 0.2) is 5.69 Å². The number of hydrogen-bond donors (Lipinski definition) is 1. The van der Waals surface area contributed by atoms with Crippen LogP contribution in [0.5, 0.6) is 0 Å². The largest absolute Gasteiger partial charge is 0.434 e. The minimum absolute atomic E-state index is 0.272. The van der Waals surface area contributed by atoms with Crippen molar-refractivity contribution in [3.63, 3.8) is 0 Å². The van der Waals surface area contributed by atoms with Crippen molar-refractivity contribution in [1.82, 2.24) is 9.78 Å². The van der Waals surface area contributed by atoms with Crippen LogP contribution in [0.4, 0.5) is 13.2 Å². The fraction of sp³-hybridized carbons (Fsp3) is 0.231. The van der Waals surface area contributed by atoms with Gasteiger partial charge < -0.3 is 5.73 Å². The Morgan fingerprint density at radius 3 is 2.40 bits per heavy atom. The van der Waals surface area contributed by atoms with Crippen molar-refractivity contribution < 1.29 is 13.2 Å². The van der Waals surface area contributed by atoms with Crippen molar-refractivity contribution in [2.24, 2.45) is 5.73 Å². The van der Waals surface area contributed by atoms with E-state index in [1.165, 1.54) is 0 Å². The summed E-state index contributed by atoms with van der Waals surface area (Å²) in [7, 11) is 0. The molecule has 0 atom stereocenters. The number of aromatic nitrogens is 2. The van der Waals surface area contributed by atoms with Crippen molar-refractivity contribution >= 4 is 17.2 Å². The molecule has 0 saturated carbocycles. The normalized spacial score (nSPS) is 11.7. The fourth-order valence-electron chi connectivity index (χ4n) is 1.85. The summed E-state index contributed by atoms with van der Waals surface area (Å²) < 4.78 is 40.4. The van der Waals surface area contributed by atoms with Gasteiger partial charge in [0.1, 0.15) is 4.99 Å². The molecule has 0 spiro atoms. The maximum absolute atomic E-state index is 13.2. The molecule has 0 radical (unpaired) electrons. The van der Waals surface area contributed by atoms with Gasteiger partial charge in [0.05, 0.1) is 17.4 Å². The lowest BCUT2D eigenvalue weighted by molar-refractivity contribution is -0.142. The van der Waals surface area contributed by atoms with Gasteiger partial charge >= 0.3 is 6.18 Å². The van der Waals surface area contributed by atoms with Gasteiger partial charge in [0.25, 0.3) is 0 Å². The summed E-state index contributed by atoms with van der Waals surface area (Å²) in [4.78, 5) is -0.326. The smallest absolute Gasteiger partial charge is 0.389 e. The third-order valence-electron chi connectivity index (χ3n) is 3.04. The van der Waals surface area contributed by atoms with E-state index < -0.39 is 11.9 Å². The summed E-state index contributed by atoms with van der Waals surface area (Å²) in [6.45, 7) is 3.71. The van der Waals surface area contributed by atoms with Crippen LogP contribution in [0.1, 0.15) is 22.4 Å². The maximum Gasteiger partial charge on any atom is 0.434 e. The quantitative estimate of drug-likeness (QED) is 0.866. The van der Waals surface area contributed by atoms with E-state index in [2.05, 4.69) is 17.3 Å². The van der Waals surface area contributed by atoms with Crippen LogP contribution in [0, 0.1) is 13.8 Å². The summed E-state index contributed by atoms with van der Waals surface area (Å²) in [5, 5.41) is 3.77. The zero-order valence-electron chi connectivity index (χ0n) is 10.8. The molecule has 0 unspecified atom stereocenters. The van der Waals surface area contributed by atoms with Crippen LogP contribution >= 0.6 is 12.2 Å². The van der Waals surface area contributed by atoms with Crippen molar-refractivity contribution in [3.8, 4) is 5.69 Å². The number of benzene rings is 1. The lowest BCUT2D eigenvalue weighted by atomic mass is 10.1. The van der Waals surface area contributed by atoms with Gasteiger partial charge in [-0.05, 0) is 37.1 Å². The van der Waals surface area contributed by atoms with Gasteiger partial charge in [-0.15, -0.1) is 0 Å². The van der Waals surface area contributed by atoms with E-state index in [1.807, 2.05) is 13.8 Å². The highest BCUT2D eigenvalue weighted by Gasteiger charge is 2.39. The fourth-order valence-corrected chi connectivity index (χ4v) is 2.00. The molecule has 106 valence electrons. The SMILES string of the molecule is Cc1ccc(-n2ncc(C(N)=S)c2C(F)(F)F)cc1C. The molecule has 0 saturated heterocycles. The van der Waals surface area contributed by atoms with Gasteiger partial charge in [0.2, 0.25) is 0 Å². The second-order valence-electron chi connectivity index (χ2n) is 4.45. The van der Waals surface area contributed by atoms with Crippen LogP contribution in [0.15, 0.2) is 24.4 Å². The Morgan fingerprint density at radius 2 is 1.90 bits per heavy atom. The highest BCUT2D eigenvalue weighted by atomic mass is 32.1. The van der Waals surface area contributed by atoms with E-state index in [0.29, 0.717) is 5.69 Å². The molecule has 0 aliphatic rings. The minimum Gasteiger partial charge on any atom is -0.389 e. The molecule has 1 heterocycles. The second kappa shape index (κ2) is 4.90. The first-order chi connectivity index (χ1) is 9.21. The summed E-state index contributed by atoms with van der Waals surface area (Å²) >= 11 is 4.65. The van der Waals surface area contributed by atoms with Gasteiger partial charge in [-0.2, -0.15) is 18.3 Å². The molecular formula is C13H12F3N3S. The van der Waals surface area contributed by atoms with Gasteiger partial charge in [-0.3, -0.25) is 0 Å². The monoisotopic (exact) mass is 299 g/mol. The van der Waals surface area contributed by atoms with E-state index in [9.17, 15) is 13.2 Å². The van der Waals surface area contributed by atoms with E-state index >= 15 is 0 Å². The zero-order valence-corrected chi connectivity index (χ0v) is 11.6. The summed E-state index contributed by atoms with van der Waals surface area (Å²) in [6, 6.07) is 4.96. The minimum atomic E-state index is -4.59. The van der Waals surface area contributed by atoms with Crippen LogP contribution in [-0.4, -0.2) is 14.8 Å². The number of rotatable bonds is 2. The van der Waals surface area contributed by atoms with E-state index in [1.54, 1.807) is 18.2 Å². The van der Waals surface area contributed by atoms with Crippen LogP contribution < -0.4 is 5.73 Å². The van der Waals surface area contributed by atoms with Crippen LogP contribution in [-0.2, 0) is 6.18 Å². The summed E-state index contributed by atoms with van der Waals surface area (Å²) in [5.41, 5.74) is 6.30. The van der Waals surface area contributed by atoms with Crippen molar-refractivity contribution in [2.45, 2.75) is 20.0 Å². The first-order valence-electron chi connectivity index (χ1n) is 5.74. The third-order valence-corrected chi connectivity index (χ3v) is 3.26. The molecule has 20 heavy (non-hydrogen) atoms. The Balaban J connectivity index is 2.68. The third kappa shape index (κ3) is 2.53. The number of halogens is 3. The zero-order chi connectivity index (χ0) is 15.1. The second-order valence-corrected chi connectivity index (χ2v) is 4.89. The summed E-state index contributed by atoms with van der Waals surface area (Å²) in [6.07, 6.45) is -3.55. The summed E-state index contributed by atoms with van der Waals surface area (Å²) in [5.74, 6) is 0. The Kier molecular flexibility index (Phi) is 3.56. The molecule has 1 aromatic heterocycles. The standard InChI is InChI=1S/C13H12F3N3S/c1-7-3-4-9(5-8(7)2)19-11(13(14,15)16)10(6-18-19)12(17)20/h3-6H,1-2H3,(H2,17,20). The lowest BCUT2D eigenvalue weighted by Gasteiger charge is -2.13. The highest BCUT2D eigenvalue weighted by Crippen LogP contribution is 2.33. The molecular weight excluding hydrogens is 287 g/mol. The molecule has 2 N–H and O–H groups in total. The number of thiocarbonyl (C=S) groups is 1. The van der Waals surface area contributed by atoms with E-state index in [4.69, 9.17) is 5.73 Å². The maximum atomic E-state index is 13.2. The molecule has 7 heteroatoms. The molecule has 0 amide bonds. The highest BCUT2D eigenvalue weighted by molar-refractivity contribution is 7.80. The lowest BCUT2D eigenvalue weighted by Crippen LogP contribution is -2.20. The molecule has 1 aromatic carbocycles. The van der Waals surface area contributed by atoms with Crippen molar-refractivity contribution in [1.29, 1.82) is 0 Å². The average Bonchev–Trinajstić information content (AvgIpc) is 2.77. The average molecular weight is 299 g/mol.